The Morgan fingerprint density at radius 1 is 1.10 bits per heavy atom. The molecule has 9 heteroatoms. The molecule has 2 aromatic carbocycles. The van der Waals surface area contributed by atoms with Crippen LogP contribution in [-0.4, -0.2) is 60.3 Å². The Bertz CT molecular complexity index is 1330. The van der Waals surface area contributed by atoms with Gasteiger partial charge < -0.3 is 24.0 Å². The quantitative estimate of drug-likeness (QED) is 0.477. The Balaban J connectivity index is 1.46. The molecule has 0 bridgehead atoms. The third kappa shape index (κ3) is 7.41. The van der Waals surface area contributed by atoms with Crippen LogP contribution < -0.4 is 9.64 Å². The third-order valence-electron chi connectivity index (χ3n) is 6.66. The number of anilines is 1. The summed E-state index contributed by atoms with van der Waals surface area (Å²) >= 11 is 0. The van der Waals surface area contributed by atoms with E-state index < -0.39 is 11.6 Å². The summed E-state index contributed by atoms with van der Waals surface area (Å²) in [7, 11) is 0. The van der Waals surface area contributed by atoms with Crippen molar-refractivity contribution in [3.8, 4) is 11.8 Å². The van der Waals surface area contributed by atoms with Crippen molar-refractivity contribution in [2.75, 3.05) is 24.6 Å². The molecule has 2 aliphatic heterocycles. The second-order valence-corrected chi connectivity index (χ2v) is 11.0. The Morgan fingerprint density at radius 3 is 2.52 bits per heavy atom. The fourth-order valence-corrected chi connectivity index (χ4v) is 4.84. The highest BCUT2D eigenvalue weighted by atomic mass is 16.6. The van der Waals surface area contributed by atoms with Crippen LogP contribution in [0.5, 0.6) is 5.75 Å². The number of fused-ring (bicyclic) bond motifs is 1. The van der Waals surface area contributed by atoms with Crippen molar-refractivity contribution in [3.05, 3.63) is 65.2 Å². The fourth-order valence-electron chi connectivity index (χ4n) is 4.84. The number of nitrogens with zero attached hydrogens (tertiary/aromatic N) is 3. The molecule has 0 N–H and O–H groups in total. The van der Waals surface area contributed by atoms with Gasteiger partial charge in [-0.2, -0.15) is 5.26 Å². The van der Waals surface area contributed by atoms with E-state index in [4.69, 9.17) is 14.2 Å². The minimum absolute atomic E-state index is 0.0389. The van der Waals surface area contributed by atoms with Gasteiger partial charge in [0.1, 0.15) is 17.5 Å². The highest BCUT2D eigenvalue weighted by molar-refractivity contribution is 5.98. The van der Waals surface area contributed by atoms with Crippen molar-refractivity contribution < 1.29 is 28.6 Å². The summed E-state index contributed by atoms with van der Waals surface area (Å²) in [6.45, 7) is 7.60. The van der Waals surface area contributed by atoms with Gasteiger partial charge in [0.25, 0.3) is 5.91 Å². The van der Waals surface area contributed by atoms with Crippen LogP contribution in [0.4, 0.5) is 10.5 Å². The van der Waals surface area contributed by atoms with E-state index >= 15 is 0 Å². The standard InChI is InChI=1S/C31H35N3O6/c1-21(35)38-20-29(36)34-25(9-8-22-6-5-7-23(16-22)19-32)17-24-18-27(10-11-28(24)34)39-26-12-14-33(15-13-26)30(37)40-31(2,3)4/h5-11,16,18,25-26H,12-15,17,20H2,1-4H3/b9-8+. The molecule has 1 fully saturated rings. The molecule has 2 heterocycles. The van der Waals surface area contributed by atoms with Crippen molar-refractivity contribution in [2.24, 2.45) is 0 Å². The maximum absolute atomic E-state index is 13.1. The smallest absolute Gasteiger partial charge is 0.410 e. The summed E-state index contributed by atoms with van der Waals surface area (Å²) in [6.07, 6.45) is 5.41. The summed E-state index contributed by atoms with van der Waals surface area (Å²) in [5.41, 5.74) is 2.56. The summed E-state index contributed by atoms with van der Waals surface area (Å²) in [5, 5.41) is 9.20. The number of carbonyl (C=O) groups excluding carboxylic acids is 3. The van der Waals surface area contributed by atoms with Gasteiger partial charge in [0.2, 0.25) is 0 Å². The average molecular weight is 546 g/mol. The number of likely N-dealkylation sites (tertiary alicyclic amines) is 1. The zero-order chi connectivity index (χ0) is 28.9. The highest BCUT2D eigenvalue weighted by Crippen LogP contribution is 2.36. The number of amides is 2. The molecule has 0 radical (unpaired) electrons. The van der Waals surface area contributed by atoms with Crippen LogP contribution in [0.25, 0.3) is 6.08 Å². The second-order valence-electron chi connectivity index (χ2n) is 11.0. The van der Waals surface area contributed by atoms with Gasteiger partial charge in [0.15, 0.2) is 6.61 Å². The van der Waals surface area contributed by atoms with Gasteiger partial charge in [-0.3, -0.25) is 9.59 Å². The number of benzene rings is 2. The zero-order valence-electron chi connectivity index (χ0n) is 23.4. The Labute approximate surface area is 234 Å². The average Bonchev–Trinajstić information content (AvgIpc) is 3.27. The predicted molar refractivity (Wildman–Crippen MR) is 150 cm³/mol. The molecule has 0 aromatic heterocycles. The molecule has 210 valence electrons. The predicted octanol–water partition coefficient (Wildman–Crippen LogP) is 4.87. The molecule has 2 aliphatic rings. The molecule has 2 aromatic rings. The van der Waals surface area contributed by atoms with E-state index in [1.54, 1.807) is 21.9 Å². The van der Waals surface area contributed by atoms with Crippen molar-refractivity contribution >= 4 is 29.7 Å². The fraction of sp³-hybridized carbons (Fsp3) is 0.419. The van der Waals surface area contributed by atoms with E-state index in [0.717, 1.165) is 16.8 Å². The molecule has 0 aliphatic carbocycles. The monoisotopic (exact) mass is 545 g/mol. The van der Waals surface area contributed by atoms with Crippen molar-refractivity contribution in [3.63, 3.8) is 0 Å². The lowest BCUT2D eigenvalue weighted by molar-refractivity contribution is -0.145. The number of rotatable bonds is 6. The van der Waals surface area contributed by atoms with E-state index in [1.165, 1.54) is 6.92 Å². The Morgan fingerprint density at radius 2 is 1.85 bits per heavy atom. The summed E-state index contributed by atoms with van der Waals surface area (Å²) in [6, 6.07) is 14.7. The first-order valence-electron chi connectivity index (χ1n) is 13.4. The molecule has 1 atom stereocenters. The van der Waals surface area contributed by atoms with Crippen LogP contribution in [0.15, 0.2) is 48.5 Å². The molecule has 0 saturated carbocycles. The number of esters is 1. The molecule has 1 unspecified atom stereocenters. The van der Waals surface area contributed by atoms with E-state index in [-0.39, 0.29) is 30.8 Å². The van der Waals surface area contributed by atoms with E-state index in [2.05, 4.69) is 6.07 Å². The van der Waals surface area contributed by atoms with Crippen LogP contribution in [0.3, 0.4) is 0 Å². The lowest BCUT2D eigenvalue weighted by atomic mass is 10.1. The number of hydrogen-bond acceptors (Lipinski definition) is 7. The first kappa shape index (κ1) is 28.7. The number of ether oxygens (including phenoxy) is 3. The molecule has 4 rings (SSSR count). The van der Waals surface area contributed by atoms with E-state index in [0.29, 0.717) is 43.7 Å². The van der Waals surface area contributed by atoms with Gasteiger partial charge in [0.05, 0.1) is 17.7 Å². The van der Waals surface area contributed by atoms with E-state index in [1.807, 2.05) is 63.3 Å². The minimum Gasteiger partial charge on any atom is -0.490 e. The summed E-state index contributed by atoms with van der Waals surface area (Å²) in [5.74, 6) is -0.139. The first-order valence-corrected chi connectivity index (χ1v) is 13.4. The molecule has 2 amide bonds. The number of carbonyl (C=O) groups is 3. The maximum Gasteiger partial charge on any atom is 0.410 e. The summed E-state index contributed by atoms with van der Waals surface area (Å²) in [4.78, 5) is 40.2. The van der Waals surface area contributed by atoms with Crippen LogP contribution in [0.2, 0.25) is 0 Å². The maximum atomic E-state index is 13.1. The molecule has 40 heavy (non-hydrogen) atoms. The van der Waals surface area contributed by atoms with Crippen LogP contribution in [-0.2, 0) is 25.5 Å². The molecular weight excluding hydrogens is 510 g/mol. The van der Waals surface area contributed by atoms with Crippen molar-refractivity contribution in [1.29, 1.82) is 5.26 Å². The third-order valence-corrected chi connectivity index (χ3v) is 6.66. The van der Waals surface area contributed by atoms with Gasteiger partial charge in [0, 0.05) is 38.5 Å². The zero-order valence-corrected chi connectivity index (χ0v) is 23.4. The van der Waals surface area contributed by atoms with Gasteiger partial charge >= 0.3 is 12.1 Å². The lowest BCUT2D eigenvalue weighted by Crippen LogP contribution is -2.44. The minimum atomic E-state index is -0.532. The Hall–Kier alpha value is -4.32. The van der Waals surface area contributed by atoms with E-state index in [9.17, 15) is 19.6 Å². The number of hydrogen-bond donors (Lipinski definition) is 0. The van der Waals surface area contributed by atoms with Gasteiger partial charge in [-0.05, 0) is 68.7 Å². The lowest BCUT2D eigenvalue weighted by Gasteiger charge is -2.33. The van der Waals surface area contributed by atoms with Crippen molar-refractivity contribution in [1.82, 2.24) is 4.90 Å². The normalized spacial score (nSPS) is 17.3. The van der Waals surface area contributed by atoms with Gasteiger partial charge in [-0.25, -0.2) is 4.79 Å². The van der Waals surface area contributed by atoms with Crippen LogP contribution in [0.1, 0.15) is 57.2 Å². The molecular formula is C31H35N3O6. The molecule has 0 spiro atoms. The largest absolute Gasteiger partial charge is 0.490 e. The van der Waals surface area contributed by atoms with Crippen molar-refractivity contribution in [2.45, 2.75) is 64.7 Å². The first-order chi connectivity index (χ1) is 19.0. The highest BCUT2D eigenvalue weighted by Gasteiger charge is 2.33. The van der Waals surface area contributed by atoms with Gasteiger partial charge in [-0.15, -0.1) is 0 Å². The van der Waals surface area contributed by atoms with Gasteiger partial charge in [-0.1, -0.05) is 24.3 Å². The Kier molecular flexibility index (Phi) is 8.78. The molecule has 9 nitrogen and oxygen atoms in total. The topological polar surface area (TPSA) is 109 Å². The van der Waals surface area contributed by atoms with Crippen LogP contribution >= 0.6 is 0 Å². The van der Waals surface area contributed by atoms with Crippen LogP contribution in [0, 0.1) is 11.3 Å². The SMILES string of the molecule is CC(=O)OCC(=O)N1c2ccc(OC3CCN(C(=O)OC(C)(C)C)CC3)cc2CC1/C=C/c1cccc(C#N)c1. The number of nitriles is 1. The second kappa shape index (κ2) is 12.2. The molecule has 1 saturated heterocycles. The number of piperidine rings is 1. The summed E-state index contributed by atoms with van der Waals surface area (Å²) < 4.78 is 16.7.